The van der Waals surface area contributed by atoms with Gasteiger partial charge in [-0.15, -0.1) is 0 Å². The van der Waals surface area contributed by atoms with E-state index in [1.54, 1.807) is 18.3 Å². The molecule has 152 valence electrons. The monoisotopic (exact) mass is 404 g/mol. The van der Waals surface area contributed by atoms with Crippen LogP contribution in [0.15, 0.2) is 65.6 Å². The van der Waals surface area contributed by atoms with Crippen LogP contribution in [0.2, 0.25) is 0 Å². The summed E-state index contributed by atoms with van der Waals surface area (Å²) in [4.78, 5) is 28.4. The number of hydrogen-bond donors (Lipinski definition) is 2. The highest BCUT2D eigenvalue weighted by Crippen LogP contribution is 2.09. The summed E-state index contributed by atoms with van der Waals surface area (Å²) in [6, 6.07) is 17.3. The molecule has 0 bridgehead atoms. The van der Waals surface area contributed by atoms with Crippen molar-refractivity contribution in [1.82, 2.24) is 20.1 Å². The van der Waals surface area contributed by atoms with E-state index in [4.69, 9.17) is 10.00 Å². The van der Waals surface area contributed by atoms with E-state index in [0.717, 1.165) is 0 Å². The van der Waals surface area contributed by atoms with E-state index >= 15 is 0 Å². The molecule has 0 fully saturated rings. The van der Waals surface area contributed by atoms with Crippen molar-refractivity contribution in [2.75, 3.05) is 25.0 Å². The summed E-state index contributed by atoms with van der Waals surface area (Å²) in [5, 5.41) is 18.9. The summed E-state index contributed by atoms with van der Waals surface area (Å²) in [5.41, 5.74) is 0.240. The molecule has 0 radical (unpaired) electrons. The number of amides is 1. The standard InChI is InChI=1S/C21H20N6O3/c22-15-16-5-4-10-23-20(16)24-11-12-25-21(29)18-8-9-19(28)27(26-18)13-14-30-17-6-2-1-3-7-17/h1-10H,11-14H2,(H,23,24)(H,25,29). The minimum Gasteiger partial charge on any atom is -0.492 e. The molecular formula is C21H20N6O3. The number of rotatable bonds is 9. The van der Waals surface area contributed by atoms with E-state index in [2.05, 4.69) is 20.7 Å². The van der Waals surface area contributed by atoms with Gasteiger partial charge in [0, 0.05) is 25.4 Å². The molecule has 1 amide bonds. The smallest absolute Gasteiger partial charge is 0.271 e. The van der Waals surface area contributed by atoms with E-state index in [1.807, 2.05) is 36.4 Å². The lowest BCUT2D eigenvalue weighted by Crippen LogP contribution is -2.33. The van der Waals surface area contributed by atoms with E-state index in [0.29, 0.717) is 23.7 Å². The number of benzene rings is 1. The van der Waals surface area contributed by atoms with Gasteiger partial charge in [-0.1, -0.05) is 18.2 Å². The van der Waals surface area contributed by atoms with E-state index in [9.17, 15) is 9.59 Å². The van der Waals surface area contributed by atoms with Crippen molar-refractivity contribution in [3.8, 4) is 11.8 Å². The third kappa shape index (κ3) is 5.65. The van der Waals surface area contributed by atoms with E-state index in [1.165, 1.54) is 16.8 Å². The first kappa shape index (κ1) is 20.5. The predicted octanol–water partition coefficient (Wildman–Crippen LogP) is 1.43. The van der Waals surface area contributed by atoms with Crippen LogP contribution >= 0.6 is 0 Å². The minimum atomic E-state index is -0.406. The largest absolute Gasteiger partial charge is 0.492 e. The van der Waals surface area contributed by atoms with Gasteiger partial charge in [-0.3, -0.25) is 9.59 Å². The Labute approximate surface area is 173 Å². The molecule has 0 saturated heterocycles. The fourth-order valence-corrected chi connectivity index (χ4v) is 2.58. The van der Waals surface area contributed by atoms with Gasteiger partial charge < -0.3 is 15.4 Å². The Hall–Kier alpha value is -4.19. The molecule has 0 spiro atoms. The number of nitrogens with one attached hydrogen (secondary N) is 2. The van der Waals surface area contributed by atoms with Gasteiger partial charge in [0.15, 0.2) is 0 Å². The summed E-state index contributed by atoms with van der Waals surface area (Å²) >= 11 is 0. The van der Waals surface area contributed by atoms with Crippen LogP contribution in [0.4, 0.5) is 5.82 Å². The molecule has 0 unspecified atom stereocenters. The summed E-state index contributed by atoms with van der Waals surface area (Å²) < 4.78 is 6.77. The van der Waals surface area contributed by atoms with Crippen LogP contribution < -0.4 is 20.9 Å². The third-order valence-electron chi connectivity index (χ3n) is 4.05. The number of pyridine rings is 1. The van der Waals surface area contributed by atoms with E-state index < -0.39 is 5.91 Å². The van der Waals surface area contributed by atoms with Gasteiger partial charge in [0.05, 0.1) is 12.1 Å². The quantitative estimate of drug-likeness (QED) is 0.517. The maximum Gasteiger partial charge on any atom is 0.271 e. The number of anilines is 1. The van der Waals surface area contributed by atoms with Gasteiger partial charge in [-0.05, 0) is 30.3 Å². The van der Waals surface area contributed by atoms with Crippen molar-refractivity contribution in [1.29, 1.82) is 5.26 Å². The van der Waals surface area contributed by atoms with Crippen LogP contribution in [0.3, 0.4) is 0 Å². The van der Waals surface area contributed by atoms with E-state index in [-0.39, 0.29) is 30.9 Å². The van der Waals surface area contributed by atoms with Gasteiger partial charge in [-0.25, -0.2) is 9.67 Å². The molecule has 0 saturated carbocycles. The number of nitrogens with zero attached hydrogens (tertiary/aromatic N) is 4. The minimum absolute atomic E-state index is 0.130. The number of aromatic nitrogens is 3. The normalized spacial score (nSPS) is 10.1. The number of hydrogen-bond acceptors (Lipinski definition) is 7. The third-order valence-corrected chi connectivity index (χ3v) is 4.05. The van der Waals surface area contributed by atoms with Crippen LogP contribution in [0.5, 0.6) is 5.75 Å². The van der Waals surface area contributed by atoms with Gasteiger partial charge in [-0.2, -0.15) is 10.4 Å². The lowest BCUT2D eigenvalue weighted by atomic mass is 10.3. The van der Waals surface area contributed by atoms with Gasteiger partial charge in [0.2, 0.25) is 0 Å². The second-order valence-electron chi connectivity index (χ2n) is 6.14. The van der Waals surface area contributed by atoms with Crippen molar-refractivity contribution in [2.24, 2.45) is 0 Å². The number of para-hydroxylation sites is 1. The van der Waals surface area contributed by atoms with Gasteiger partial charge in [0.1, 0.15) is 29.9 Å². The van der Waals surface area contributed by atoms with Crippen molar-refractivity contribution in [2.45, 2.75) is 6.54 Å². The van der Waals surface area contributed by atoms with Crippen LogP contribution in [-0.4, -0.2) is 40.4 Å². The molecule has 3 rings (SSSR count). The highest BCUT2D eigenvalue weighted by molar-refractivity contribution is 5.92. The summed E-state index contributed by atoms with van der Waals surface area (Å²) in [6.07, 6.45) is 1.58. The molecule has 0 atom stereocenters. The fourth-order valence-electron chi connectivity index (χ4n) is 2.58. The maximum absolute atomic E-state index is 12.3. The molecule has 2 aromatic heterocycles. The van der Waals surface area contributed by atoms with Crippen LogP contribution in [0, 0.1) is 11.3 Å². The van der Waals surface area contributed by atoms with Gasteiger partial charge >= 0.3 is 0 Å². The molecule has 9 heteroatoms. The predicted molar refractivity (Wildman–Crippen MR) is 110 cm³/mol. The molecule has 2 heterocycles. The zero-order valence-electron chi connectivity index (χ0n) is 16.1. The van der Waals surface area contributed by atoms with Crippen LogP contribution in [0.25, 0.3) is 0 Å². The highest BCUT2D eigenvalue weighted by atomic mass is 16.5. The first-order chi connectivity index (χ1) is 14.7. The first-order valence-corrected chi connectivity index (χ1v) is 9.30. The zero-order valence-corrected chi connectivity index (χ0v) is 16.1. The molecule has 2 N–H and O–H groups in total. The molecule has 0 aliphatic heterocycles. The van der Waals surface area contributed by atoms with Gasteiger partial charge in [0.25, 0.3) is 11.5 Å². The molecule has 0 aliphatic rings. The summed E-state index contributed by atoms with van der Waals surface area (Å²) in [7, 11) is 0. The fraction of sp³-hybridized carbons (Fsp3) is 0.190. The Kier molecular flexibility index (Phi) is 7.11. The second-order valence-corrected chi connectivity index (χ2v) is 6.14. The average Bonchev–Trinajstić information content (AvgIpc) is 2.78. The first-order valence-electron chi connectivity index (χ1n) is 9.30. The van der Waals surface area contributed by atoms with Crippen LogP contribution in [0.1, 0.15) is 16.1 Å². The lowest BCUT2D eigenvalue weighted by molar-refractivity contribution is 0.0947. The molecule has 9 nitrogen and oxygen atoms in total. The SMILES string of the molecule is N#Cc1cccnc1NCCNC(=O)c1ccc(=O)n(CCOc2ccccc2)n1. The molecule has 3 aromatic rings. The van der Waals surface area contributed by atoms with Crippen molar-refractivity contribution >= 4 is 11.7 Å². The summed E-state index contributed by atoms with van der Waals surface area (Å²) in [5.74, 6) is 0.745. The Morgan fingerprint density at radius 3 is 2.73 bits per heavy atom. The topological polar surface area (TPSA) is 122 Å². The average molecular weight is 404 g/mol. The Morgan fingerprint density at radius 1 is 1.10 bits per heavy atom. The summed E-state index contributed by atoms with van der Waals surface area (Å²) in [6.45, 7) is 1.13. The number of ether oxygens (including phenoxy) is 1. The van der Waals surface area contributed by atoms with Crippen molar-refractivity contribution in [3.05, 3.63) is 82.4 Å². The molecular weight excluding hydrogens is 384 g/mol. The molecule has 0 aliphatic carbocycles. The van der Waals surface area contributed by atoms with Crippen molar-refractivity contribution < 1.29 is 9.53 Å². The second kappa shape index (κ2) is 10.4. The Bertz CT molecular complexity index is 1090. The maximum atomic E-state index is 12.3. The lowest BCUT2D eigenvalue weighted by Gasteiger charge is -2.10. The molecule has 1 aromatic carbocycles. The Balaban J connectivity index is 1.50. The van der Waals surface area contributed by atoms with Crippen molar-refractivity contribution in [3.63, 3.8) is 0 Å². The molecule has 30 heavy (non-hydrogen) atoms. The van der Waals surface area contributed by atoms with Crippen LogP contribution in [-0.2, 0) is 6.54 Å². The zero-order chi connectivity index (χ0) is 21.2. The Morgan fingerprint density at radius 2 is 1.93 bits per heavy atom. The number of carbonyl (C=O) groups excluding carboxylic acids is 1. The highest BCUT2D eigenvalue weighted by Gasteiger charge is 2.10. The number of carbonyl (C=O) groups is 1. The number of nitriles is 1.